The van der Waals surface area contributed by atoms with E-state index in [-0.39, 0.29) is 0 Å². The summed E-state index contributed by atoms with van der Waals surface area (Å²) in [5.74, 6) is 0. The third-order valence-electron chi connectivity index (χ3n) is 2.22. The van der Waals surface area contributed by atoms with Crippen molar-refractivity contribution in [1.29, 1.82) is 0 Å². The lowest BCUT2D eigenvalue weighted by Crippen LogP contribution is -2.87. The summed E-state index contributed by atoms with van der Waals surface area (Å²) in [6.45, 7) is 4.65. The maximum absolute atomic E-state index is 2.38. The highest BCUT2D eigenvalue weighted by Gasteiger charge is 2.16. The van der Waals surface area contributed by atoms with Gasteiger partial charge in [-0.3, -0.25) is 0 Å². The number of hydrogen-bond donors (Lipinski definition) is 1. The molecule has 0 spiro atoms. The van der Waals surface area contributed by atoms with Gasteiger partial charge in [-0.05, 0) is 19.1 Å². The third kappa shape index (κ3) is 0.762. The molecule has 1 aromatic rings. The van der Waals surface area contributed by atoms with Crippen LogP contribution in [0.1, 0.15) is 18.7 Å². The second-order valence-electron chi connectivity index (χ2n) is 2.94. The van der Waals surface area contributed by atoms with E-state index in [2.05, 4.69) is 35.1 Å². The van der Waals surface area contributed by atoms with Crippen LogP contribution in [-0.4, -0.2) is 11.1 Å². The number of aromatic nitrogens is 1. The van der Waals surface area contributed by atoms with Gasteiger partial charge in [0.2, 0.25) is 0 Å². The van der Waals surface area contributed by atoms with Crippen LogP contribution in [0.4, 0.5) is 0 Å². The number of nitrogens with zero attached hydrogens (tertiary/aromatic N) is 1. The average Bonchev–Trinajstić information content (AvgIpc) is 2.36. The van der Waals surface area contributed by atoms with Crippen molar-refractivity contribution in [3.8, 4) is 0 Å². The Morgan fingerprint density at radius 3 is 3.40 bits per heavy atom. The number of quaternary nitrogens is 1. The standard InChI is InChI=1S/C8H12N2/c1-7-8-3-2-5-10(8)6-4-9-7/h2-3,5,7,9H,4,6H2,1H3/p+1/t7-/m0/s1. The average molecular weight is 137 g/mol. The highest BCUT2D eigenvalue weighted by atomic mass is 15.1. The van der Waals surface area contributed by atoms with Gasteiger partial charge in [0.1, 0.15) is 6.04 Å². The first kappa shape index (κ1) is 5.98. The third-order valence-corrected chi connectivity index (χ3v) is 2.22. The molecule has 0 aromatic carbocycles. The predicted octanol–water partition coefficient (Wildman–Crippen LogP) is 0.126. The van der Waals surface area contributed by atoms with Gasteiger partial charge in [-0.2, -0.15) is 0 Å². The molecule has 0 aliphatic carbocycles. The molecule has 0 saturated heterocycles. The normalized spacial score (nSPS) is 24.3. The Morgan fingerprint density at radius 1 is 1.70 bits per heavy atom. The van der Waals surface area contributed by atoms with E-state index in [1.54, 1.807) is 0 Å². The molecule has 10 heavy (non-hydrogen) atoms. The molecular weight excluding hydrogens is 124 g/mol. The lowest BCUT2D eigenvalue weighted by molar-refractivity contribution is -0.699. The van der Waals surface area contributed by atoms with E-state index in [1.165, 1.54) is 18.8 Å². The van der Waals surface area contributed by atoms with Crippen LogP contribution in [0.3, 0.4) is 0 Å². The fourth-order valence-corrected chi connectivity index (χ4v) is 1.63. The van der Waals surface area contributed by atoms with Gasteiger partial charge in [-0.15, -0.1) is 0 Å². The first-order valence-electron chi connectivity index (χ1n) is 3.86. The van der Waals surface area contributed by atoms with Crippen molar-refractivity contribution >= 4 is 0 Å². The summed E-state index contributed by atoms with van der Waals surface area (Å²) in [6.07, 6.45) is 2.17. The van der Waals surface area contributed by atoms with Crippen LogP contribution in [0.5, 0.6) is 0 Å². The summed E-state index contributed by atoms with van der Waals surface area (Å²) in [7, 11) is 0. The van der Waals surface area contributed by atoms with E-state index in [9.17, 15) is 0 Å². The van der Waals surface area contributed by atoms with Gasteiger partial charge < -0.3 is 9.88 Å². The molecule has 2 nitrogen and oxygen atoms in total. The molecule has 0 saturated carbocycles. The van der Waals surface area contributed by atoms with Gasteiger partial charge in [-0.1, -0.05) is 0 Å². The molecule has 0 amide bonds. The monoisotopic (exact) mass is 137 g/mol. The summed E-state index contributed by atoms with van der Waals surface area (Å²) in [6, 6.07) is 4.99. The smallest absolute Gasteiger partial charge is 0.124 e. The topological polar surface area (TPSA) is 21.5 Å². The largest absolute Gasteiger partial charge is 0.341 e. The quantitative estimate of drug-likeness (QED) is 0.525. The maximum atomic E-state index is 2.38. The molecular formula is C8H13N2+. The number of nitrogens with two attached hydrogens (primary N) is 1. The summed E-state index contributed by atoms with van der Waals surface area (Å²) < 4.78 is 2.34. The van der Waals surface area contributed by atoms with Crippen molar-refractivity contribution in [2.24, 2.45) is 0 Å². The SMILES string of the molecule is C[C@@H]1[NH2+]CCn2cccc21. The van der Waals surface area contributed by atoms with E-state index in [0.717, 1.165) is 0 Å². The summed E-state index contributed by atoms with van der Waals surface area (Å²) in [4.78, 5) is 0. The van der Waals surface area contributed by atoms with Gasteiger partial charge in [0.25, 0.3) is 0 Å². The lowest BCUT2D eigenvalue weighted by Gasteiger charge is -2.19. The van der Waals surface area contributed by atoms with Crippen molar-refractivity contribution < 1.29 is 5.32 Å². The zero-order valence-corrected chi connectivity index (χ0v) is 6.25. The number of hydrogen-bond acceptors (Lipinski definition) is 0. The van der Waals surface area contributed by atoms with E-state index < -0.39 is 0 Å². The van der Waals surface area contributed by atoms with Gasteiger partial charge in [0, 0.05) is 6.20 Å². The zero-order chi connectivity index (χ0) is 6.97. The molecule has 0 fully saturated rings. The van der Waals surface area contributed by atoms with Crippen molar-refractivity contribution in [3.63, 3.8) is 0 Å². The second kappa shape index (κ2) is 2.13. The van der Waals surface area contributed by atoms with Crippen molar-refractivity contribution in [2.45, 2.75) is 19.5 Å². The van der Waals surface area contributed by atoms with Gasteiger partial charge in [0.15, 0.2) is 0 Å². The van der Waals surface area contributed by atoms with Crippen molar-refractivity contribution in [1.82, 2.24) is 4.57 Å². The second-order valence-corrected chi connectivity index (χ2v) is 2.94. The van der Waals surface area contributed by atoms with E-state index in [4.69, 9.17) is 0 Å². The molecule has 2 rings (SSSR count). The molecule has 1 atom stereocenters. The Hall–Kier alpha value is -0.760. The first-order valence-corrected chi connectivity index (χ1v) is 3.86. The molecule has 1 aliphatic rings. The Morgan fingerprint density at radius 2 is 2.60 bits per heavy atom. The van der Waals surface area contributed by atoms with Gasteiger partial charge in [0.05, 0.1) is 18.8 Å². The fourth-order valence-electron chi connectivity index (χ4n) is 1.63. The van der Waals surface area contributed by atoms with Crippen LogP contribution in [-0.2, 0) is 6.54 Å². The van der Waals surface area contributed by atoms with Crippen LogP contribution < -0.4 is 5.32 Å². The highest BCUT2D eigenvalue weighted by molar-refractivity contribution is 5.09. The van der Waals surface area contributed by atoms with Crippen molar-refractivity contribution in [3.05, 3.63) is 24.0 Å². The molecule has 54 valence electrons. The minimum absolute atomic E-state index is 0.656. The molecule has 2 N–H and O–H groups in total. The molecule has 0 radical (unpaired) electrons. The Labute approximate surface area is 60.9 Å². The van der Waals surface area contributed by atoms with E-state index in [1.807, 2.05) is 0 Å². The van der Waals surface area contributed by atoms with Crippen LogP contribution in [0, 0.1) is 0 Å². The Balaban J connectivity index is 2.41. The van der Waals surface area contributed by atoms with Crippen LogP contribution in [0.15, 0.2) is 18.3 Å². The van der Waals surface area contributed by atoms with E-state index >= 15 is 0 Å². The molecule has 0 unspecified atom stereocenters. The van der Waals surface area contributed by atoms with E-state index in [0.29, 0.717) is 6.04 Å². The summed E-state index contributed by atoms with van der Waals surface area (Å²) >= 11 is 0. The predicted molar refractivity (Wildman–Crippen MR) is 39.6 cm³/mol. The summed E-state index contributed by atoms with van der Waals surface area (Å²) in [5, 5.41) is 2.38. The van der Waals surface area contributed by atoms with Crippen molar-refractivity contribution in [2.75, 3.05) is 6.54 Å². The van der Waals surface area contributed by atoms with Gasteiger partial charge >= 0.3 is 0 Å². The maximum Gasteiger partial charge on any atom is 0.124 e. The van der Waals surface area contributed by atoms with Crippen LogP contribution >= 0.6 is 0 Å². The number of fused-ring (bicyclic) bond motifs is 1. The number of rotatable bonds is 0. The fraction of sp³-hybridized carbons (Fsp3) is 0.500. The Bertz CT molecular complexity index is 227. The molecule has 2 heterocycles. The molecule has 1 aromatic heterocycles. The lowest BCUT2D eigenvalue weighted by atomic mass is 10.2. The molecule has 0 bridgehead atoms. The zero-order valence-electron chi connectivity index (χ0n) is 6.25. The minimum atomic E-state index is 0.656. The van der Waals surface area contributed by atoms with Crippen LogP contribution in [0.2, 0.25) is 0 Å². The molecule has 1 aliphatic heterocycles. The van der Waals surface area contributed by atoms with Gasteiger partial charge in [-0.25, -0.2) is 0 Å². The first-order chi connectivity index (χ1) is 4.88. The highest BCUT2D eigenvalue weighted by Crippen LogP contribution is 2.11. The Kier molecular flexibility index (Phi) is 1.27. The molecule has 2 heteroatoms. The van der Waals surface area contributed by atoms with Crippen LogP contribution in [0.25, 0.3) is 0 Å². The minimum Gasteiger partial charge on any atom is -0.341 e. The summed E-state index contributed by atoms with van der Waals surface area (Å²) in [5.41, 5.74) is 1.46.